The quantitative estimate of drug-likeness (QED) is 0.918. The Kier molecular flexibility index (Phi) is 4.49. The Bertz CT molecular complexity index is 598. The molecule has 1 fully saturated rings. The van der Waals surface area contributed by atoms with Gasteiger partial charge in [-0.1, -0.05) is 62.4 Å². The molecule has 2 nitrogen and oxygen atoms in total. The van der Waals surface area contributed by atoms with Crippen LogP contribution in [0.4, 0.5) is 5.69 Å². The molecular weight excluding hydrogens is 268 g/mol. The van der Waals surface area contributed by atoms with E-state index in [1.807, 2.05) is 6.07 Å². The Morgan fingerprint density at radius 3 is 2.18 bits per heavy atom. The van der Waals surface area contributed by atoms with Gasteiger partial charge in [-0.25, -0.2) is 0 Å². The predicted octanol–water partition coefficient (Wildman–Crippen LogP) is 4.22. The second-order valence-corrected chi connectivity index (χ2v) is 6.80. The van der Waals surface area contributed by atoms with E-state index in [0.29, 0.717) is 0 Å². The summed E-state index contributed by atoms with van der Waals surface area (Å²) >= 11 is 0. The third-order valence-electron chi connectivity index (χ3n) is 4.64. The smallest absolute Gasteiger partial charge is 0.0572 e. The van der Waals surface area contributed by atoms with Crippen molar-refractivity contribution < 1.29 is 0 Å². The van der Waals surface area contributed by atoms with Crippen LogP contribution in [0.1, 0.15) is 37.4 Å². The minimum Gasteiger partial charge on any atom is -0.371 e. The van der Waals surface area contributed by atoms with E-state index < -0.39 is 0 Å². The summed E-state index contributed by atoms with van der Waals surface area (Å²) in [7, 11) is 0. The number of rotatable bonds is 3. The number of para-hydroxylation sites is 1. The van der Waals surface area contributed by atoms with Gasteiger partial charge in [0.2, 0.25) is 0 Å². The zero-order valence-electron chi connectivity index (χ0n) is 13.6. The SMILES string of the molecule is CC1CC(C)CN(c2ccccc2C(N)c2ccccc2)C1. The molecule has 3 rings (SSSR count). The minimum atomic E-state index is -0.0649. The Morgan fingerprint density at radius 1 is 0.909 bits per heavy atom. The van der Waals surface area contributed by atoms with Gasteiger partial charge in [0.1, 0.15) is 0 Å². The second-order valence-electron chi connectivity index (χ2n) is 6.80. The highest BCUT2D eigenvalue weighted by Gasteiger charge is 2.24. The summed E-state index contributed by atoms with van der Waals surface area (Å²) in [5.41, 5.74) is 10.3. The number of hydrogen-bond donors (Lipinski definition) is 1. The maximum Gasteiger partial charge on any atom is 0.0572 e. The van der Waals surface area contributed by atoms with Gasteiger partial charge in [-0.15, -0.1) is 0 Å². The molecule has 116 valence electrons. The van der Waals surface area contributed by atoms with Crippen LogP contribution in [-0.4, -0.2) is 13.1 Å². The number of nitrogens with two attached hydrogens (primary N) is 1. The molecule has 0 radical (unpaired) electrons. The summed E-state index contributed by atoms with van der Waals surface area (Å²) in [4.78, 5) is 2.52. The molecule has 0 spiro atoms. The Hall–Kier alpha value is -1.80. The van der Waals surface area contributed by atoms with Gasteiger partial charge in [0.25, 0.3) is 0 Å². The van der Waals surface area contributed by atoms with Crippen LogP contribution < -0.4 is 10.6 Å². The van der Waals surface area contributed by atoms with Crippen LogP contribution in [0.3, 0.4) is 0 Å². The van der Waals surface area contributed by atoms with Crippen LogP contribution in [0.2, 0.25) is 0 Å². The minimum absolute atomic E-state index is 0.0649. The van der Waals surface area contributed by atoms with Crippen LogP contribution in [0.25, 0.3) is 0 Å². The van der Waals surface area contributed by atoms with E-state index in [-0.39, 0.29) is 6.04 Å². The molecule has 2 aromatic carbocycles. The number of anilines is 1. The van der Waals surface area contributed by atoms with Gasteiger partial charge in [0.05, 0.1) is 6.04 Å². The number of nitrogens with zero attached hydrogens (tertiary/aromatic N) is 1. The zero-order chi connectivity index (χ0) is 15.5. The van der Waals surface area contributed by atoms with Crippen molar-refractivity contribution in [3.63, 3.8) is 0 Å². The molecule has 1 aliphatic rings. The molecule has 2 N–H and O–H groups in total. The molecule has 0 amide bonds. The molecule has 1 saturated heterocycles. The summed E-state index contributed by atoms with van der Waals surface area (Å²) in [5.74, 6) is 1.48. The Labute approximate surface area is 134 Å². The lowest BCUT2D eigenvalue weighted by Crippen LogP contribution is -2.39. The molecule has 3 atom stereocenters. The van der Waals surface area contributed by atoms with E-state index in [4.69, 9.17) is 5.73 Å². The first-order valence-electron chi connectivity index (χ1n) is 8.29. The standard InChI is InChI=1S/C20H26N2/c1-15-12-16(2)14-22(13-15)19-11-7-6-10-18(19)20(21)17-8-4-3-5-9-17/h3-11,15-16,20H,12-14,21H2,1-2H3. The van der Waals surface area contributed by atoms with Gasteiger partial charge in [-0.3, -0.25) is 0 Å². The molecule has 2 aromatic rings. The Morgan fingerprint density at radius 2 is 1.50 bits per heavy atom. The third-order valence-corrected chi connectivity index (χ3v) is 4.64. The lowest BCUT2D eigenvalue weighted by molar-refractivity contribution is 0.356. The maximum absolute atomic E-state index is 6.57. The van der Waals surface area contributed by atoms with E-state index in [1.165, 1.54) is 23.2 Å². The normalized spacial score (nSPS) is 23.3. The maximum atomic E-state index is 6.57. The number of hydrogen-bond acceptors (Lipinski definition) is 2. The van der Waals surface area contributed by atoms with Crippen molar-refractivity contribution in [1.29, 1.82) is 0 Å². The van der Waals surface area contributed by atoms with Gasteiger partial charge >= 0.3 is 0 Å². The Balaban J connectivity index is 1.93. The molecule has 3 unspecified atom stereocenters. The van der Waals surface area contributed by atoms with Crippen molar-refractivity contribution in [3.05, 3.63) is 65.7 Å². The first-order chi connectivity index (χ1) is 10.6. The van der Waals surface area contributed by atoms with Gasteiger partial charge in [0.15, 0.2) is 0 Å². The fraction of sp³-hybridized carbons (Fsp3) is 0.400. The van der Waals surface area contributed by atoms with E-state index in [1.54, 1.807) is 0 Å². The largest absolute Gasteiger partial charge is 0.371 e. The summed E-state index contributed by atoms with van der Waals surface area (Å²) < 4.78 is 0. The summed E-state index contributed by atoms with van der Waals surface area (Å²) in [6, 6.07) is 18.9. The van der Waals surface area contributed by atoms with E-state index in [2.05, 4.69) is 67.3 Å². The second kappa shape index (κ2) is 6.53. The van der Waals surface area contributed by atoms with Crippen molar-refractivity contribution in [1.82, 2.24) is 0 Å². The number of benzene rings is 2. The molecule has 1 heterocycles. The molecular formula is C20H26N2. The van der Waals surface area contributed by atoms with Gasteiger partial charge in [0, 0.05) is 18.8 Å². The van der Waals surface area contributed by atoms with Gasteiger partial charge < -0.3 is 10.6 Å². The van der Waals surface area contributed by atoms with Crippen molar-refractivity contribution in [2.24, 2.45) is 17.6 Å². The molecule has 2 heteroatoms. The summed E-state index contributed by atoms with van der Waals surface area (Å²) in [6.07, 6.45) is 1.32. The van der Waals surface area contributed by atoms with Crippen LogP contribution in [0.15, 0.2) is 54.6 Å². The lowest BCUT2D eigenvalue weighted by atomic mass is 9.90. The monoisotopic (exact) mass is 294 g/mol. The molecule has 1 aliphatic heterocycles. The average Bonchev–Trinajstić information content (AvgIpc) is 2.54. The topological polar surface area (TPSA) is 29.3 Å². The predicted molar refractivity (Wildman–Crippen MR) is 94.1 cm³/mol. The fourth-order valence-corrected chi connectivity index (χ4v) is 3.74. The van der Waals surface area contributed by atoms with E-state index in [9.17, 15) is 0 Å². The average molecular weight is 294 g/mol. The molecule has 0 aliphatic carbocycles. The summed E-state index contributed by atoms with van der Waals surface area (Å²) in [5, 5.41) is 0. The van der Waals surface area contributed by atoms with Crippen molar-refractivity contribution >= 4 is 5.69 Å². The fourth-order valence-electron chi connectivity index (χ4n) is 3.74. The van der Waals surface area contributed by atoms with Crippen LogP contribution in [-0.2, 0) is 0 Å². The van der Waals surface area contributed by atoms with Crippen LogP contribution in [0.5, 0.6) is 0 Å². The number of piperidine rings is 1. The first kappa shape index (κ1) is 15.1. The van der Waals surface area contributed by atoms with Crippen molar-refractivity contribution in [3.8, 4) is 0 Å². The highest BCUT2D eigenvalue weighted by molar-refractivity contribution is 5.57. The van der Waals surface area contributed by atoms with Gasteiger partial charge in [-0.2, -0.15) is 0 Å². The highest BCUT2D eigenvalue weighted by Crippen LogP contribution is 2.33. The molecule has 22 heavy (non-hydrogen) atoms. The van der Waals surface area contributed by atoms with Crippen LogP contribution >= 0.6 is 0 Å². The first-order valence-corrected chi connectivity index (χ1v) is 8.29. The summed E-state index contributed by atoms with van der Waals surface area (Å²) in [6.45, 7) is 6.95. The van der Waals surface area contributed by atoms with Gasteiger partial charge in [-0.05, 0) is 35.4 Å². The van der Waals surface area contributed by atoms with E-state index in [0.717, 1.165) is 24.9 Å². The molecule has 0 aromatic heterocycles. The lowest BCUT2D eigenvalue weighted by Gasteiger charge is -2.38. The molecule has 0 saturated carbocycles. The highest BCUT2D eigenvalue weighted by atomic mass is 15.1. The van der Waals surface area contributed by atoms with E-state index >= 15 is 0 Å². The zero-order valence-corrected chi connectivity index (χ0v) is 13.6. The van der Waals surface area contributed by atoms with Crippen LogP contribution in [0, 0.1) is 11.8 Å². The van der Waals surface area contributed by atoms with Crippen molar-refractivity contribution in [2.45, 2.75) is 26.3 Å². The molecule has 0 bridgehead atoms. The third kappa shape index (κ3) is 3.17. The van der Waals surface area contributed by atoms with Crippen molar-refractivity contribution in [2.75, 3.05) is 18.0 Å².